The van der Waals surface area contributed by atoms with E-state index in [9.17, 15) is 4.79 Å². The Kier molecular flexibility index (Phi) is 8.40. The Hall–Kier alpha value is -3.20. The lowest BCUT2D eigenvalue weighted by molar-refractivity contribution is 0.0732. The lowest BCUT2D eigenvalue weighted by Gasteiger charge is -2.27. The third-order valence-electron chi connectivity index (χ3n) is 6.20. The molecule has 36 heavy (non-hydrogen) atoms. The number of benzene rings is 1. The largest absolute Gasteiger partial charge is 0.447 e. The molecule has 0 radical (unpaired) electrons. The molecule has 1 amide bonds. The van der Waals surface area contributed by atoms with Gasteiger partial charge in [0, 0.05) is 50.9 Å². The highest BCUT2D eigenvalue weighted by atomic mass is 35.5. The molecule has 3 heterocycles. The summed E-state index contributed by atoms with van der Waals surface area (Å²) in [4.78, 5) is 21.8. The summed E-state index contributed by atoms with van der Waals surface area (Å²) < 4.78 is 7.00. The first-order chi connectivity index (χ1) is 17.3. The first-order valence-electron chi connectivity index (χ1n) is 12.2. The number of pyridine rings is 1. The summed E-state index contributed by atoms with van der Waals surface area (Å²) in [5.41, 5.74) is 13.0. The van der Waals surface area contributed by atoms with Crippen molar-refractivity contribution in [3.05, 3.63) is 82.2 Å². The van der Waals surface area contributed by atoms with E-state index in [1.54, 1.807) is 11.2 Å². The standard InChI is InChI=1S/C19H17ClN4.C8H16N2O2/c1-24-11-22-10-18(24)19(21)16-7-13-3-2-6-23-17(13)8-12-4-5-14(20)9-15(12)16;1-7(2)12-8(11)10-5-3-9-4-6-10/h2-7,9-11,19H,8,21H2,1H3;7,9H,3-6H2,1-2H3. The van der Waals surface area contributed by atoms with Crippen molar-refractivity contribution in [2.45, 2.75) is 32.4 Å². The highest BCUT2D eigenvalue weighted by Crippen LogP contribution is 2.37. The number of carbonyl (C=O) groups excluding carboxylic acids is 1. The molecule has 1 atom stereocenters. The minimum Gasteiger partial charge on any atom is -0.447 e. The number of nitrogens with zero attached hydrogens (tertiary/aromatic N) is 4. The Morgan fingerprint density at radius 1 is 1.22 bits per heavy atom. The predicted octanol–water partition coefficient (Wildman–Crippen LogP) is 4.05. The Morgan fingerprint density at radius 2 is 2.00 bits per heavy atom. The fraction of sp³-hybridized carbons (Fsp3) is 0.370. The van der Waals surface area contributed by atoms with Crippen LogP contribution in [0.4, 0.5) is 4.79 Å². The van der Waals surface area contributed by atoms with E-state index in [1.165, 1.54) is 5.56 Å². The van der Waals surface area contributed by atoms with Gasteiger partial charge in [-0.05, 0) is 60.4 Å². The lowest BCUT2D eigenvalue weighted by Crippen LogP contribution is -2.47. The van der Waals surface area contributed by atoms with Crippen LogP contribution in [0.2, 0.25) is 5.02 Å². The van der Waals surface area contributed by atoms with Crippen LogP contribution < -0.4 is 11.1 Å². The number of piperazine rings is 1. The minimum absolute atomic E-state index is 0.0209. The summed E-state index contributed by atoms with van der Waals surface area (Å²) in [7, 11) is 1.95. The van der Waals surface area contributed by atoms with Crippen LogP contribution in [-0.2, 0) is 18.2 Å². The molecule has 1 aliphatic carbocycles. The zero-order chi connectivity index (χ0) is 25.7. The second kappa shape index (κ2) is 11.7. The summed E-state index contributed by atoms with van der Waals surface area (Å²) in [6.07, 6.45) is 8.09. The predicted molar refractivity (Wildman–Crippen MR) is 143 cm³/mol. The van der Waals surface area contributed by atoms with E-state index in [0.29, 0.717) is 5.02 Å². The number of hydrogen-bond donors (Lipinski definition) is 2. The zero-order valence-electron chi connectivity index (χ0n) is 20.9. The van der Waals surface area contributed by atoms with E-state index < -0.39 is 0 Å². The number of rotatable bonds is 3. The number of nitrogens with one attached hydrogen (secondary N) is 1. The Labute approximate surface area is 217 Å². The van der Waals surface area contributed by atoms with Gasteiger partial charge in [0.2, 0.25) is 0 Å². The van der Waals surface area contributed by atoms with E-state index in [1.807, 2.05) is 56.1 Å². The molecule has 0 spiro atoms. The SMILES string of the molecule is CC(C)OC(=O)N1CCNCC1.Cn1cncc1C(N)C1=Cc2cccnc2Cc2ccc(Cl)cc21. The molecule has 3 N–H and O–H groups in total. The average molecular weight is 509 g/mol. The number of ether oxygens (including phenoxy) is 1. The maximum absolute atomic E-state index is 11.3. The average Bonchev–Trinajstić information content (AvgIpc) is 3.23. The van der Waals surface area contributed by atoms with Crippen molar-refractivity contribution in [1.82, 2.24) is 24.8 Å². The van der Waals surface area contributed by atoms with Crippen molar-refractivity contribution in [2.75, 3.05) is 26.2 Å². The van der Waals surface area contributed by atoms with Gasteiger partial charge in [0.25, 0.3) is 0 Å². The number of imidazole rings is 1. The van der Waals surface area contributed by atoms with E-state index >= 15 is 0 Å². The summed E-state index contributed by atoms with van der Waals surface area (Å²) in [5.74, 6) is 0. The number of amides is 1. The summed E-state index contributed by atoms with van der Waals surface area (Å²) in [5, 5.41) is 3.88. The molecule has 2 aromatic heterocycles. The second-order valence-electron chi connectivity index (χ2n) is 9.19. The van der Waals surface area contributed by atoms with Gasteiger partial charge >= 0.3 is 6.09 Å². The molecule has 2 aliphatic rings. The van der Waals surface area contributed by atoms with Crippen LogP contribution in [0.25, 0.3) is 11.6 Å². The van der Waals surface area contributed by atoms with Crippen molar-refractivity contribution >= 4 is 29.3 Å². The number of hydrogen-bond acceptors (Lipinski definition) is 6. The van der Waals surface area contributed by atoms with Gasteiger partial charge < -0.3 is 25.3 Å². The van der Waals surface area contributed by atoms with Crippen LogP contribution in [-0.4, -0.2) is 57.8 Å². The smallest absolute Gasteiger partial charge is 0.410 e. The quantitative estimate of drug-likeness (QED) is 0.554. The fourth-order valence-corrected chi connectivity index (χ4v) is 4.51. The molecular formula is C27H33ClN6O2. The molecule has 5 rings (SSSR count). The van der Waals surface area contributed by atoms with Crippen molar-refractivity contribution in [2.24, 2.45) is 12.8 Å². The lowest BCUT2D eigenvalue weighted by atomic mass is 9.92. The number of halogens is 1. The monoisotopic (exact) mass is 508 g/mol. The third-order valence-corrected chi connectivity index (χ3v) is 6.43. The van der Waals surface area contributed by atoms with Crippen LogP contribution in [0.5, 0.6) is 0 Å². The van der Waals surface area contributed by atoms with E-state index in [0.717, 1.165) is 60.7 Å². The molecule has 0 bridgehead atoms. The molecule has 0 saturated carbocycles. The van der Waals surface area contributed by atoms with Gasteiger partial charge in [0.05, 0.1) is 36.1 Å². The molecule has 1 unspecified atom stereocenters. The van der Waals surface area contributed by atoms with Crippen LogP contribution in [0.15, 0.2) is 49.1 Å². The normalized spacial score (nSPS) is 15.6. The zero-order valence-corrected chi connectivity index (χ0v) is 21.7. The number of aromatic nitrogens is 3. The van der Waals surface area contributed by atoms with Gasteiger partial charge in [-0.25, -0.2) is 9.78 Å². The first-order valence-corrected chi connectivity index (χ1v) is 12.5. The highest BCUT2D eigenvalue weighted by Gasteiger charge is 2.23. The first kappa shape index (κ1) is 25.9. The van der Waals surface area contributed by atoms with Gasteiger partial charge in [-0.15, -0.1) is 0 Å². The molecule has 8 nitrogen and oxygen atoms in total. The van der Waals surface area contributed by atoms with Crippen molar-refractivity contribution in [1.29, 1.82) is 0 Å². The Balaban J connectivity index is 0.000000214. The summed E-state index contributed by atoms with van der Waals surface area (Å²) in [6.45, 7) is 6.97. The summed E-state index contributed by atoms with van der Waals surface area (Å²) >= 11 is 6.27. The molecule has 1 fully saturated rings. The van der Waals surface area contributed by atoms with Crippen molar-refractivity contribution < 1.29 is 9.53 Å². The molecule has 1 aromatic carbocycles. The van der Waals surface area contributed by atoms with Crippen LogP contribution >= 0.6 is 11.6 Å². The minimum atomic E-state index is -0.291. The van der Waals surface area contributed by atoms with Gasteiger partial charge in [0.15, 0.2) is 0 Å². The third kappa shape index (κ3) is 6.13. The van der Waals surface area contributed by atoms with Crippen molar-refractivity contribution in [3.8, 4) is 0 Å². The van der Waals surface area contributed by atoms with E-state index in [2.05, 4.69) is 33.5 Å². The fourth-order valence-electron chi connectivity index (χ4n) is 4.33. The van der Waals surface area contributed by atoms with E-state index in [4.69, 9.17) is 22.1 Å². The second-order valence-corrected chi connectivity index (χ2v) is 9.63. The highest BCUT2D eigenvalue weighted by molar-refractivity contribution is 6.30. The maximum atomic E-state index is 11.3. The molecular weight excluding hydrogens is 476 g/mol. The molecule has 1 saturated heterocycles. The summed E-state index contributed by atoms with van der Waals surface area (Å²) in [6, 6.07) is 9.70. The maximum Gasteiger partial charge on any atom is 0.410 e. The molecule has 190 valence electrons. The number of carbonyl (C=O) groups is 1. The van der Waals surface area contributed by atoms with Gasteiger partial charge in [-0.2, -0.15) is 0 Å². The van der Waals surface area contributed by atoms with Gasteiger partial charge in [-0.3, -0.25) is 4.98 Å². The van der Waals surface area contributed by atoms with Crippen LogP contribution in [0.1, 0.15) is 48.0 Å². The van der Waals surface area contributed by atoms with Gasteiger partial charge in [-0.1, -0.05) is 23.7 Å². The van der Waals surface area contributed by atoms with E-state index in [-0.39, 0.29) is 18.2 Å². The molecule has 3 aromatic rings. The van der Waals surface area contributed by atoms with Crippen LogP contribution in [0, 0.1) is 0 Å². The number of fused-ring (bicyclic) bond motifs is 2. The Bertz CT molecular complexity index is 1230. The molecule has 1 aliphatic heterocycles. The van der Waals surface area contributed by atoms with Gasteiger partial charge in [0.1, 0.15) is 0 Å². The topological polar surface area (TPSA) is 98.3 Å². The number of aryl methyl sites for hydroxylation is 1. The Morgan fingerprint density at radius 3 is 2.69 bits per heavy atom. The van der Waals surface area contributed by atoms with Crippen molar-refractivity contribution in [3.63, 3.8) is 0 Å². The van der Waals surface area contributed by atoms with Crippen LogP contribution in [0.3, 0.4) is 0 Å². The molecule has 9 heteroatoms. The number of nitrogens with two attached hydrogens (primary N) is 1.